The molecule has 1 aromatic heterocycles. The lowest BCUT2D eigenvalue weighted by Gasteiger charge is -2.18. The van der Waals surface area contributed by atoms with Gasteiger partial charge in [0.2, 0.25) is 0 Å². The number of benzene rings is 1. The zero-order chi connectivity index (χ0) is 11.0. The topological polar surface area (TPSA) is 29.0 Å². The number of aromatic nitrogens is 2. The Morgan fingerprint density at radius 1 is 1.19 bits per heavy atom. The van der Waals surface area contributed by atoms with Crippen molar-refractivity contribution in [2.45, 2.75) is 12.8 Å². The largest absolute Gasteiger partial charge is 0.370 e. The van der Waals surface area contributed by atoms with E-state index in [1.165, 1.54) is 12.8 Å². The Kier molecular flexibility index (Phi) is 2.40. The SMILES string of the molecule is Clc1ccc2nncc(N3CCCC3)c2c1. The maximum Gasteiger partial charge on any atom is 0.0951 e. The van der Waals surface area contributed by atoms with Crippen LogP contribution in [0.15, 0.2) is 24.4 Å². The average Bonchev–Trinajstić information content (AvgIpc) is 2.81. The summed E-state index contributed by atoms with van der Waals surface area (Å²) in [7, 11) is 0. The third-order valence-electron chi connectivity index (χ3n) is 3.03. The predicted molar refractivity (Wildman–Crippen MR) is 66.0 cm³/mol. The number of fused-ring (bicyclic) bond motifs is 1. The van der Waals surface area contributed by atoms with Crippen molar-refractivity contribution in [3.63, 3.8) is 0 Å². The molecule has 1 aromatic carbocycles. The summed E-state index contributed by atoms with van der Waals surface area (Å²) in [6.45, 7) is 2.21. The summed E-state index contributed by atoms with van der Waals surface area (Å²) in [5, 5.41) is 10.0. The Labute approximate surface area is 99.0 Å². The Morgan fingerprint density at radius 2 is 2.00 bits per heavy atom. The standard InChI is InChI=1S/C12H12ClN3/c13-9-3-4-11-10(7-9)12(8-14-15-11)16-5-1-2-6-16/h3-4,7-8H,1-2,5-6H2. The molecule has 0 unspecified atom stereocenters. The molecule has 0 atom stereocenters. The smallest absolute Gasteiger partial charge is 0.0951 e. The molecule has 1 fully saturated rings. The van der Waals surface area contributed by atoms with Crippen LogP contribution in [-0.2, 0) is 0 Å². The van der Waals surface area contributed by atoms with Gasteiger partial charge in [-0.1, -0.05) is 11.6 Å². The van der Waals surface area contributed by atoms with E-state index in [9.17, 15) is 0 Å². The highest BCUT2D eigenvalue weighted by molar-refractivity contribution is 6.31. The van der Waals surface area contributed by atoms with Crippen LogP contribution in [0.25, 0.3) is 10.9 Å². The average molecular weight is 234 g/mol. The highest BCUT2D eigenvalue weighted by atomic mass is 35.5. The molecule has 82 valence electrons. The first-order valence-electron chi connectivity index (χ1n) is 5.50. The van der Waals surface area contributed by atoms with Crippen LogP contribution in [0.2, 0.25) is 5.02 Å². The van der Waals surface area contributed by atoms with Gasteiger partial charge < -0.3 is 4.90 Å². The molecular weight excluding hydrogens is 222 g/mol. The molecule has 1 saturated heterocycles. The maximum atomic E-state index is 6.03. The zero-order valence-electron chi connectivity index (χ0n) is 8.86. The summed E-state index contributed by atoms with van der Waals surface area (Å²) in [6, 6.07) is 5.75. The quantitative estimate of drug-likeness (QED) is 0.759. The van der Waals surface area contributed by atoms with Crippen LogP contribution in [0.5, 0.6) is 0 Å². The lowest BCUT2D eigenvalue weighted by molar-refractivity contribution is 0.949. The molecule has 0 radical (unpaired) electrons. The van der Waals surface area contributed by atoms with E-state index in [0.717, 1.165) is 34.7 Å². The highest BCUT2D eigenvalue weighted by Gasteiger charge is 2.15. The third kappa shape index (κ3) is 1.61. The van der Waals surface area contributed by atoms with Crippen LogP contribution in [0.4, 0.5) is 5.69 Å². The molecule has 3 rings (SSSR count). The van der Waals surface area contributed by atoms with E-state index in [2.05, 4.69) is 15.1 Å². The summed E-state index contributed by atoms with van der Waals surface area (Å²) in [4.78, 5) is 2.35. The number of rotatable bonds is 1. The molecule has 3 nitrogen and oxygen atoms in total. The van der Waals surface area contributed by atoms with Gasteiger partial charge >= 0.3 is 0 Å². The third-order valence-corrected chi connectivity index (χ3v) is 3.26. The van der Waals surface area contributed by atoms with E-state index in [0.29, 0.717) is 0 Å². The van der Waals surface area contributed by atoms with Crippen molar-refractivity contribution in [1.29, 1.82) is 0 Å². The summed E-state index contributed by atoms with van der Waals surface area (Å²) in [5.74, 6) is 0. The lowest BCUT2D eigenvalue weighted by Crippen LogP contribution is -2.18. The van der Waals surface area contributed by atoms with Crippen molar-refractivity contribution >= 4 is 28.2 Å². The minimum atomic E-state index is 0.751. The van der Waals surface area contributed by atoms with Gasteiger partial charge in [-0.2, -0.15) is 10.2 Å². The number of nitrogens with zero attached hydrogens (tertiary/aromatic N) is 3. The number of anilines is 1. The van der Waals surface area contributed by atoms with Gasteiger partial charge in [0, 0.05) is 23.5 Å². The fraction of sp³-hybridized carbons (Fsp3) is 0.333. The Morgan fingerprint density at radius 3 is 2.81 bits per heavy atom. The first kappa shape index (κ1) is 9.85. The normalized spacial score (nSPS) is 15.9. The minimum Gasteiger partial charge on any atom is -0.370 e. The van der Waals surface area contributed by atoms with E-state index < -0.39 is 0 Å². The van der Waals surface area contributed by atoms with Crippen molar-refractivity contribution in [3.05, 3.63) is 29.4 Å². The Balaban J connectivity index is 2.18. The van der Waals surface area contributed by atoms with E-state index in [1.807, 2.05) is 24.4 Å². The summed E-state index contributed by atoms with van der Waals surface area (Å²) in [5.41, 5.74) is 2.07. The van der Waals surface area contributed by atoms with E-state index in [-0.39, 0.29) is 0 Å². The molecule has 0 N–H and O–H groups in total. The van der Waals surface area contributed by atoms with Crippen LogP contribution in [0.3, 0.4) is 0 Å². The van der Waals surface area contributed by atoms with Crippen LogP contribution in [0.1, 0.15) is 12.8 Å². The molecule has 0 amide bonds. The Hall–Kier alpha value is -1.35. The van der Waals surface area contributed by atoms with Gasteiger partial charge in [-0.15, -0.1) is 0 Å². The van der Waals surface area contributed by atoms with Gasteiger partial charge in [0.25, 0.3) is 0 Å². The molecule has 0 aliphatic carbocycles. The van der Waals surface area contributed by atoms with Crippen molar-refractivity contribution in [3.8, 4) is 0 Å². The fourth-order valence-electron chi connectivity index (χ4n) is 2.23. The van der Waals surface area contributed by atoms with Crippen molar-refractivity contribution in [2.75, 3.05) is 18.0 Å². The molecule has 2 heterocycles. The summed E-state index contributed by atoms with van der Waals surface area (Å²) < 4.78 is 0. The lowest BCUT2D eigenvalue weighted by atomic mass is 10.2. The summed E-state index contributed by atoms with van der Waals surface area (Å²) >= 11 is 6.03. The maximum absolute atomic E-state index is 6.03. The predicted octanol–water partition coefficient (Wildman–Crippen LogP) is 2.88. The first-order chi connectivity index (χ1) is 7.84. The zero-order valence-corrected chi connectivity index (χ0v) is 9.61. The highest BCUT2D eigenvalue weighted by Crippen LogP contribution is 2.29. The molecule has 0 spiro atoms. The fourth-order valence-corrected chi connectivity index (χ4v) is 2.40. The second-order valence-corrected chi connectivity index (χ2v) is 4.52. The second kappa shape index (κ2) is 3.91. The molecule has 4 heteroatoms. The van der Waals surface area contributed by atoms with Crippen LogP contribution < -0.4 is 4.90 Å². The van der Waals surface area contributed by atoms with E-state index >= 15 is 0 Å². The van der Waals surface area contributed by atoms with Crippen molar-refractivity contribution in [2.24, 2.45) is 0 Å². The van der Waals surface area contributed by atoms with Gasteiger partial charge in [-0.05, 0) is 31.0 Å². The van der Waals surface area contributed by atoms with Crippen LogP contribution in [0, 0.1) is 0 Å². The van der Waals surface area contributed by atoms with Gasteiger partial charge in [0.05, 0.1) is 17.4 Å². The van der Waals surface area contributed by atoms with Gasteiger partial charge in [-0.3, -0.25) is 0 Å². The van der Waals surface area contributed by atoms with Gasteiger partial charge in [0.1, 0.15) is 0 Å². The van der Waals surface area contributed by atoms with Crippen LogP contribution in [-0.4, -0.2) is 23.3 Å². The van der Waals surface area contributed by atoms with E-state index in [4.69, 9.17) is 11.6 Å². The number of hydrogen-bond donors (Lipinski definition) is 0. The Bertz CT molecular complexity index is 521. The molecule has 2 aromatic rings. The first-order valence-corrected chi connectivity index (χ1v) is 5.88. The van der Waals surface area contributed by atoms with Crippen molar-refractivity contribution < 1.29 is 0 Å². The molecule has 1 aliphatic rings. The van der Waals surface area contributed by atoms with Crippen molar-refractivity contribution in [1.82, 2.24) is 10.2 Å². The minimum absolute atomic E-state index is 0.751. The molecule has 0 saturated carbocycles. The van der Waals surface area contributed by atoms with Gasteiger partial charge in [-0.25, -0.2) is 0 Å². The molecule has 1 aliphatic heterocycles. The second-order valence-electron chi connectivity index (χ2n) is 4.09. The van der Waals surface area contributed by atoms with Gasteiger partial charge in [0.15, 0.2) is 0 Å². The summed E-state index contributed by atoms with van der Waals surface area (Å²) in [6.07, 6.45) is 4.35. The molecular formula is C12H12ClN3. The monoisotopic (exact) mass is 233 g/mol. The number of hydrogen-bond acceptors (Lipinski definition) is 3. The number of halogens is 1. The molecule has 0 bridgehead atoms. The van der Waals surface area contributed by atoms with Crippen LogP contribution >= 0.6 is 11.6 Å². The molecule has 16 heavy (non-hydrogen) atoms. The van der Waals surface area contributed by atoms with E-state index in [1.54, 1.807) is 0 Å².